The van der Waals surface area contributed by atoms with E-state index in [9.17, 15) is 9.59 Å². The smallest absolute Gasteiger partial charge is 0.307 e. The van der Waals surface area contributed by atoms with Crippen molar-refractivity contribution in [3.63, 3.8) is 0 Å². The van der Waals surface area contributed by atoms with E-state index in [0.29, 0.717) is 11.4 Å². The number of carbonyl (C=O) groups excluding carboxylic acids is 2. The second kappa shape index (κ2) is 6.22. The molecular weight excluding hydrogens is 294 g/mol. The number of amides is 1. The number of rotatable bonds is 3. The Morgan fingerprint density at radius 1 is 1.30 bits per heavy atom. The Morgan fingerprint density at radius 3 is 2.74 bits per heavy atom. The minimum Gasteiger partial charge on any atom is -0.495 e. The molecule has 2 fully saturated rings. The highest BCUT2D eigenvalue weighted by Crippen LogP contribution is 2.44. The Morgan fingerprint density at radius 2 is 2.04 bits per heavy atom. The van der Waals surface area contributed by atoms with Crippen LogP contribution in [0.2, 0.25) is 0 Å². The molecule has 0 radical (unpaired) electrons. The molecule has 1 saturated carbocycles. The number of hydrogen-bond donors (Lipinski definition) is 1. The van der Waals surface area contributed by atoms with Crippen LogP contribution in [0, 0.1) is 12.8 Å². The van der Waals surface area contributed by atoms with Gasteiger partial charge in [0.25, 0.3) is 0 Å². The molecule has 0 unspecified atom stereocenters. The highest BCUT2D eigenvalue weighted by atomic mass is 16.6. The SMILES string of the molecule is COc1ccc(C)cc1NC(=O)[C@@H]1CC(=O)OC12CCCCC2. The summed E-state index contributed by atoms with van der Waals surface area (Å²) in [5.74, 6) is -0.211. The topological polar surface area (TPSA) is 64.6 Å². The van der Waals surface area contributed by atoms with Crippen molar-refractivity contribution >= 4 is 17.6 Å². The summed E-state index contributed by atoms with van der Waals surface area (Å²) in [6.45, 7) is 1.96. The second-order valence-corrected chi connectivity index (χ2v) is 6.55. The third kappa shape index (κ3) is 3.05. The van der Waals surface area contributed by atoms with E-state index >= 15 is 0 Å². The number of nitrogens with one attached hydrogen (secondary N) is 1. The van der Waals surface area contributed by atoms with Crippen molar-refractivity contribution < 1.29 is 19.1 Å². The van der Waals surface area contributed by atoms with Crippen molar-refractivity contribution in [1.82, 2.24) is 0 Å². The molecule has 1 N–H and O–H groups in total. The monoisotopic (exact) mass is 317 g/mol. The molecule has 1 heterocycles. The predicted octanol–water partition coefficient (Wildman–Crippen LogP) is 3.21. The quantitative estimate of drug-likeness (QED) is 0.870. The molecular formula is C18H23NO4. The Labute approximate surface area is 136 Å². The van der Waals surface area contributed by atoms with E-state index in [0.717, 1.165) is 37.7 Å². The second-order valence-electron chi connectivity index (χ2n) is 6.55. The molecule has 0 aromatic heterocycles. The third-order valence-electron chi connectivity index (χ3n) is 4.95. The molecule has 1 aliphatic carbocycles. The molecule has 1 atom stereocenters. The molecule has 23 heavy (non-hydrogen) atoms. The first-order valence-electron chi connectivity index (χ1n) is 8.21. The maximum Gasteiger partial charge on any atom is 0.307 e. The summed E-state index contributed by atoms with van der Waals surface area (Å²) < 4.78 is 10.9. The van der Waals surface area contributed by atoms with Gasteiger partial charge in [0.15, 0.2) is 0 Å². The fraction of sp³-hybridized carbons (Fsp3) is 0.556. The summed E-state index contributed by atoms with van der Waals surface area (Å²) in [5.41, 5.74) is 1.08. The summed E-state index contributed by atoms with van der Waals surface area (Å²) in [6.07, 6.45) is 4.87. The molecule has 5 nitrogen and oxygen atoms in total. The summed E-state index contributed by atoms with van der Waals surface area (Å²) in [6, 6.07) is 5.64. The Balaban J connectivity index is 1.82. The van der Waals surface area contributed by atoms with Crippen LogP contribution in [-0.2, 0) is 14.3 Å². The number of esters is 1. The zero-order valence-electron chi connectivity index (χ0n) is 13.7. The van der Waals surface area contributed by atoms with Crippen LogP contribution >= 0.6 is 0 Å². The van der Waals surface area contributed by atoms with Crippen molar-refractivity contribution in [1.29, 1.82) is 0 Å². The maximum atomic E-state index is 12.8. The molecule has 1 amide bonds. The maximum absolute atomic E-state index is 12.8. The average Bonchev–Trinajstić information content (AvgIpc) is 2.84. The Hall–Kier alpha value is -2.04. The zero-order chi connectivity index (χ0) is 16.4. The zero-order valence-corrected chi connectivity index (χ0v) is 13.7. The van der Waals surface area contributed by atoms with Crippen LogP contribution in [-0.4, -0.2) is 24.6 Å². The minimum absolute atomic E-state index is 0.151. The summed E-state index contributed by atoms with van der Waals surface area (Å²) in [4.78, 5) is 24.6. The highest BCUT2D eigenvalue weighted by Gasteiger charge is 2.52. The lowest BCUT2D eigenvalue weighted by atomic mass is 9.75. The number of anilines is 1. The molecule has 1 spiro atoms. The first kappa shape index (κ1) is 15.8. The summed E-state index contributed by atoms with van der Waals surface area (Å²) >= 11 is 0. The molecule has 124 valence electrons. The largest absolute Gasteiger partial charge is 0.495 e. The predicted molar refractivity (Wildman–Crippen MR) is 86.4 cm³/mol. The van der Waals surface area contributed by atoms with E-state index in [1.165, 1.54) is 0 Å². The van der Waals surface area contributed by atoms with E-state index in [2.05, 4.69) is 5.32 Å². The van der Waals surface area contributed by atoms with Crippen LogP contribution in [0.25, 0.3) is 0 Å². The number of aryl methyl sites for hydroxylation is 1. The highest BCUT2D eigenvalue weighted by molar-refractivity contribution is 5.98. The number of methoxy groups -OCH3 is 1. The van der Waals surface area contributed by atoms with Crippen LogP contribution in [0.4, 0.5) is 5.69 Å². The average molecular weight is 317 g/mol. The normalized spacial score (nSPS) is 22.7. The summed E-state index contributed by atoms with van der Waals surface area (Å²) in [5, 5.41) is 2.94. The van der Waals surface area contributed by atoms with Gasteiger partial charge in [-0.25, -0.2) is 0 Å². The molecule has 1 aromatic carbocycles. The number of hydrogen-bond acceptors (Lipinski definition) is 4. The minimum atomic E-state index is -0.601. The van der Waals surface area contributed by atoms with Crippen molar-refractivity contribution in [3.8, 4) is 5.75 Å². The Bertz CT molecular complexity index is 619. The van der Waals surface area contributed by atoms with Crippen LogP contribution in [0.15, 0.2) is 18.2 Å². The van der Waals surface area contributed by atoms with Gasteiger partial charge < -0.3 is 14.8 Å². The molecule has 3 rings (SSSR count). The van der Waals surface area contributed by atoms with E-state index in [1.807, 2.05) is 25.1 Å². The van der Waals surface area contributed by atoms with Crippen LogP contribution in [0.1, 0.15) is 44.1 Å². The summed E-state index contributed by atoms with van der Waals surface area (Å²) in [7, 11) is 1.57. The first-order valence-corrected chi connectivity index (χ1v) is 8.21. The Kier molecular flexibility index (Phi) is 4.28. The van der Waals surface area contributed by atoms with Gasteiger partial charge in [0.05, 0.1) is 25.1 Å². The number of ether oxygens (including phenoxy) is 2. The van der Waals surface area contributed by atoms with Crippen molar-refractivity contribution in [2.24, 2.45) is 5.92 Å². The lowest BCUT2D eigenvalue weighted by Gasteiger charge is -2.36. The van der Waals surface area contributed by atoms with Gasteiger partial charge in [0.2, 0.25) is 5.91 Å². The van der Waals surface area contributed by atoms with E-state index < -0.39 is 11.5 Å². The standard InChI is InChI=1S/C18H23NO4/c1-12-6-7-15(22-2)14(10-12)19-17(21)13-11-16(20)23-18(13)8-4-3-5-9-18/h6-7,10,13H,3-5,8-9,11H2,1-2H3,(H,19,21)/t13-/m0/s1. The molecule has 0 bridgehead atoms. The van der Waals surface area contributed by atoms with Gasteiger partial charge in [-0.15, -0.1) is 0 Å². The van der Waals surface area contributed by atoms with E-state index in [1.54, 1.807) is 7.11 Å². The van der Waals surface area contributed by atoms with Gasteiger partial charge >= 0.3 is 5.97 Å². The van der Waals surface area contributed by atoms with Gasteiger partial charge in [0, 0.05) is 0 Å². The first-order chi connectivity index (χ1) is 11.0. The van der Waals surface area contributed by atoms with Gasteiger partial charge in [-0.05, 0) is 50.3 Å². The van der Waals surface area contributed by atoms with Crippen LogP contribution in [0.5, 0.6) is 5.75 Å². The number of benzene rings is 1. The van der Waals surface area contributed by atoms with Crippen molar-refractivity contribution in [2.75, 3.05) is 12.4 Å². The van der Waals surface area contributed by atoms with Gasteiger partial charge in [-0.2, -0.15) is 0 Å². The van der Waals surface area contributed by atoms with Gasteiger partial charge in [-0.1, -0.05) is 12.5 Å². The lowest BCUT2D eigenvalue weighted by molar-refractivity contribution is -0.153. The van der Waals surface area contributed by atoms with Gasteiger partial charge in [0.1, 0.15) is 11.4 Å². The number of carbonyl (C=O) groups is 2. The lowest BCUT2D eigenvalue weighted by Crippen LogP contribution is -2.43. The molecule has 1 aliphatic heterocycles. The van der Waals surface area contributed by atoms with E-state index in [-0.39, 0.29) is 18.3 Å². The van der Waals surface area contributed by atoms with Crippen LogP contribution < -0.4 is 10.1 Å². The molecule has 1 aromatic rings. The van der Waals surface area contributed by atoms with Crippen molar-refractivity contribution in [3.05, 3.63) is 23.8 Å². The van der Waals surface area contributed by atoms with E-state index in [4.69, 9.17) is 9.47 Å². The third-order valence-corrected chi connectivity index (χ3v) is 4.95. The molecule has 1 saturated heterocycles. The van der Waals surface area contributed by atoms with Gasteiger partial charge in [-0.3, -0.25) is 9.59 Å². The van der Waals surface area contributed by atoms with Crippen LogP contribution in [0.3, 0.4) is 0 Å². The molecule has 2 aliphatic rings. The van der Waals surface area contributed by atoms with Crippen molar-refractivity contribution in [2.45, 2.75) is 51.0 Å². The molecule has 5 heteroatoms. The fourth-order valence-electron chi connectivity index (χ4n) is 3.76. The fourth-order valence-corrected chi connectivity index (χ4v) is 3.76.